The third-order valence-electron chi connectivity index (χ3n) is 2.84. The molecule has 1 saturated heterocycles. The third-order valence-corrected chi connectivity index (χ3v) is 4.85. The van der Waals surface area contributed by atoms with E-state index >= 15 is 0 Å². The Hall–Kier alpha value is -0.400. The highest BCUT2D eigenvalue weighted by atomic mass is 35.5. The first kappa shape index (κ1) is 16.7. The van der Waals surface area contributed by atoms with E-state index in [4.69, 9.17) is 11.6 Å². The van der Waals surface area contributed by atoms with Crippen molar-refractivity contribution in [2.45, 2.75) is 23.8 Å². The van der Waals surface area contributed by atoms with Gasteiger partial charge < -0.3 is 5.32 Å². The van der Waals surface area contributed by atoms with Crippen LogP contribution in [0, 0.1) is 5.82 Å². The minimum absolute atomic E-state index is 0. The molecule has 0 atom stereocenters. The summed E-state index contributed by atoms with van der Waals surface area (Å²) in [5.74, 6) is -0.620. The van der Waals surface area contributed by atoms with Gasteiger partial charge in [0.1, 0.15) is 10.7 Å². The third kappa shape index (κ3) is 4.29. The second kappa shape index (κ2) is 6.85. The van der Waals surface area contributed by atoms with Gasteiger partial charge in [-0.25, -0.2) is 17.5 Å². The Kier molecular flexibility index (Phi) is 6.01. The van der Waals surface area contributed by atoms with Crippen molar-refractivity contribution in [2.24, 2.45) is 0 Å². The summed E-state index contributed by atoms with van der Waals surface area (Å²) in [7, 11) is -3.76. The van der Waals surface area contributed by atoms with Crippen LogP contribution < -0.4 is 10.0 Å². The first-order valence-corrected chi connectivity index (χ1v) is 7.53. The molecule has 1 aromatic rings. The average Bonchev–Trinajstić information content (AvgIpc) is 2.33. The van der Waals surface area contributed by atoms with E-state index in [1.54, 1.807) is 0 Å². The van der Waals surface area contributed by atoms with Gasteiger partial charge >= 0.3 is 0 Å². The lowest BCUT2D eigenvalue weighted by Crippen LogP contribution is -2.42. The minimum atomic E-state index is -3.76. The van der Waals surface area contributed by atoms with Crippen LogP contribution in [-0.4, -0.2) is 27.5 Å². The largest absolute Gasteiger partial charge is 0.317 e. The summed E-state index contributed by atoms with van der Waals surface area (Å²) in [6, 6.07) is 3.18. The molecule has 0 unspecified atom stereocenters. The van der Waals surface area contributed by atoms with Gasteiger partial charge in [-0.05, 0) is 44.1 Å². The fourth-order valence-electron chi connectivity index (χ4n) is 1.91. The van der Waals surface area contributed by atoms with Gasteiger partial charge in [-0.1, -0.05) is 11.6 Å². The molecule has 2 rings (SSSR count). The van der Waals surface area contributed by atoms with Crippen LogP contribution in [-0.2, 0) is 10.0 Å². The lowest BCUT2D eigenvalue weighted by molar-refractivity contribution is 0.427. The molecule has 0 aromatic heterocycles. The molecule has 0 spiro atoms. The van der Waals surface area contributed by atoms with Crippen LogP contribution in [0.4, 0.5) is 4.39 Å². The van der Waals surface area contributed by atoms with Crippen molar-refractivity contribution < 1.29 is 12.8 Å². The first-order valence-electron chi connectivity index (χ1n) is 5.67. The zero-order valence-electron chi connectivity index (χ0n) is 10.0. The molecule has 0 aliphatic carbocycles. The molecular weight excluding hydrogens is 314 g/mol. The quantitative estimate of drug-likeness (QED) is 0.891. The molecule has 0 amide bonds. The first-order chi connectivity index (χ1) is 8.49. The number of halogens is 3. The molecule has 108 valence electrons. The Labute approximate surface area is 123 Å². The number of hydrogen-bond donors (Lipinski definition) is 2. The maximum absolute atomic E-state index is 13.1. The van der Waals surface area contributed by atoms with E-state index in [-0.39, 0.29) is 28.4 Å². The maximum atomic E-state index is 13.1. The number of sulfonamides is 1. The van der Waals surface area contributed by atoms with E-state index in [1.165, 1.54) is 6.07 Å². The van der Waals surface area contributed by atoms with Gasteiger partial charge in [0.15, 0.2) is 0 Å². The molecule has 0 radical (unpaired) electrons. The van der Waals surface area contributed by atoms with Crippen molar-refractivity contribution in [3.63, 3.8) is 0 Å². The molecule has 2 N–H and O–H groups in total. The van der Waals surface area contributed by atoms with Crippen LogP contribution in [0.3, 0.4) is 0 Å². The number of rotatable bonds is 3. The highest BCUT2D eigenvalue weighted by molar-refractivity contribution is 7.89. The van der Waals surface area contributed by atoms with E-state index in [2.05, 4.69) is 10.0 Å². The number of benzene rings is 1. The Balaban J connectivity index is 0.00000180. The molecule has 0 bridgehead atoms. The fraction of sp³-hybridized carbons (Fsp3) is 0.455. The van der Waals surface area contributed by atoms with E-state index in [1.807, 2.05) is 0 Å². The molecule has 1 fully saturated rings. The lowest BCUT2D eigenvalue weighted by atomic mass is 10.1. The summed E-state index contributed by atoms with van der Waals surface area (Å²) in [6.45, 7) is 1.54. The molecule has 8 heteroatoms. The van der Waals surface area contributed by atoms with Crippen LogP contribution in [0.5, 0.6) is 0 Å². The standard InChI is InChI=1S/C11H14ClFN2O2S.ClH/c12-10-2-1-8(13)7-11(10)18(16,17)15-9-3-5-14-6-4-9;/h1-2,7,9,14-15H,3-6H2;1H. The summed E-state index contributed by atoms with van der Waals surface area (Å²) < 4.78 is 39.8. The van der Waals surface area contributed by atoms with Crippen molar-refractivity contribution in [1.82, 2.24) is 10.0 Å². The predicted octanol–water partition coefficient (Wildman–Crippen LogP) is 1.93. The van der Waals surface area contributed by atoms with Gasteiger partial charge in [-0.3, -0.25) is 0 Å². The van der Waals surface area contributed by atoms with Gasteiger partial charge in [0.05, 0.1) is 5.02 Å². The number of nitrogens with one attached hydrogen (secondary N) is 2. The Bertz CT molecular complexity index is 533. The smallest absolute Gasteiger partial charge is 0.242 e. The fourth-order valence-corrected chi connectivity index (χ4v) is 3.72. The summed E-state index contributed by atoms with van der Waals surface area (Å²) >= 11 is 5.80. The van der Waals surface area contributed by atoms with Crippen molar-refractivity contribution >= 4 is 34.0 Å². The molecule has 4 nitrogen and oxygen atoms in total. The molecule has 1 aliphatic heterocycles. The van der Waals surface area contributed by atoms with Crippen molar-refractivity contribution in [3.8, 4) is 0 Å². The van der Waals surface area contributed by atoms with Gasteiger partial charge in [0.25, 0.3) is 0 Å². The Morgan fingerprint density at radius 2 is 1.95 bits per heavy atom. The van der Waals surface area contributed by atoms with E-state index in [0.717, 1.165) is 25.2 Å². The normalized spacial score (nSPS) is 16.9. The molecule has 19 heavy (non-hydrogen) atoms. The molecule has 1 aromatic carbocycles. The molecule has 0 saturated carbocycles. The molecule has 1 aliphatic rings. The van der Waals surface area contributed by atoms with E-state index < -0.39 is 15.8 Å². The number of hydrogen-bond acceptors (Lipinski definition) is 3. The van der Waals surface area contributed by atoms with Crippen molar-refractivity contribution in [1.29, 1.82) is 0 Å². The average molecular weight is 329 g/mol. The summed E-state index contributed by atoms with van der Waals surface area (Å²) in [6.07, 6.45) is 1.43. The van der Waals surface area contributed by atoms with Crippen LogP contribution in [0.2, 0.25) is 5.02 Å². The van der Waals surface area contributed by atoms with Gasteiger partial charge in [-0.15, -0.1) is 12.4 Å². The minimum Gasteiger partial charge on any atom is -0.317 e. The second-order valence-electron chi connectivity index (χ2n) is 4.22. The summed E-state index contributed by atoms with van der Waals surface area (Å²) in [5, 5.41) is 3.17. The highest BCUT2D eigenvalue weighted by Crippen LogP contribution is 2.22. The van der Waals surface area contributed by atoms with Crippen LogP contribution >= 0.6 is 24.0 Å². The van der Waals surface area contributed by atoms with Crippen molar-refractivity contribution in [3.05, 3.63) is 29.0 Å². The monoisotopic (exact) mass is 328 g/mol. The van der Waals surface area contributed by atoms with E-state index in [0.29, 0.717) is 12.8 Å². The van der Waals surface area contributed by atoms with Gasteiger partial charge in [0.2, 0.25) is 10.0 Å². The maximum Gasteiger partial charge on any atom is 0.242 e. The predicted molar refractivity (Wildman–Crippen MR) is 74.9 cm³/mol. The second-order valence-corrected chi connectivity index (χ2v) is 6.31. The van der Waals surface area contributed by atoms with Gasteiger partial charge in [0, 0.05) is 6.04 Å². The van der Waals surface area contributed by atoms with Crippen LogP contribution in [0.15, 0.2) is 23.1 Å². The summed E-state index contributed by atoms with van der Waals surface area (Å²) in [4.78, 5) is -0.206. The molecule has 1 heterocycles. The SMILES string of the molecule is Cl.O=S(=O)(NC1CCNCC1)c1cc(F)ccc1Cl. The lowest BCUT2D eigenvalue weighted by Gasteiger charge is -2.23. The topological polar surface area (TPSA) is 58.2 Å². The van der Waals surface area contributed by atoms with E-state index in [9.17, 15) is 12.8 Å². The zero-order valence-corrected chi connectivity index (χ0v) is 12.4. The highest BCUT2D eigenvalue weighted by Gasteiger charge is 2.24. The van der Waals surface area contributed by atoms with Crippen LogP contribution in [0.25, 0.3) is 0 Å². The number of piperidine rings is 1. The summed E-state index contributed by atoms with van der Waals surface area (Å²) in [5.41, 5.74) is 0. The van der Waals surface area contributed by atoms with Gasteiger partial charge in [-0.2, -0.15) is 0 Å². The molecular formula is C11H15Cl2FN2O2S. The Morgan fingerprint density at radius 1 is 1.32 bits per heavy atom. The van der Waals surface area contributed by atoms with Crippen molar-refractivity contribution in [2.75, 3.05) is 13.1 Å². The zero-order chi connectivity index (χ0) is 13.2. The van der Waals surface area contributed by atoms with Crippen LogP contribution in [0.1, 0.15) is 12.8 Å². The Morgan fingerprint density at radius 3 is 2.58 bits per heavy atom.